The van der Waals surface area contributed by atoms with E-state index < -0.39 is 29.7 Å². The maximum atomic E-state index is 14.1. The van der Waals surface area contributed by atoms with E-state index in [1.165, 1.54) is 24.3 Å². The smallest absolute Gasteiger partial charge is 0.311 e. The van der Waals surface area contributed by atoms with E-state index in [1.54, 1.807) is 32.8 Å². The maximum Gasteiger partial charge on any atom is 0.311 e. The zero-order chi connectivity index (χ0) is 42.3. The van der Waals surface area contributed by atoms with Crippen molar-refractivity contribution in [3.63, 3.8) is 0 Å². The zero-order valence-corrected chi connectivity index (χ0v) is 34.8. The number of ether oxygens (including phenoxy) is 2. The molecule has 0 spiro atoms. The summed E-state index contributed by atoms with van der Waals surface area (Å²) >= 11 is 11.9. The molecule has 13 heteroatoms. The first kappa shape index (κ1) is 47.5. The van der Waals surface area contributed by atoms with Gasteiger partial charge in [0.25, 0.3) is 6.92 Å². The van der Waals surface area contributed by atoms with Crippen LogP contribution in [0.4, 0.5) is 8.78 Å². The van der Waals surface area contributed by atoms with Crippen LogP contribution in [0.3, 0.4) is 0 Å². The van der Waals surface area contributed by atoms with E-state index in [2.05, 4.69) is 0 Å². The Morgan fingerprint density at radius 1 is 0.719 bits per heavy atom. The molecule has 0 bridgehead atoms. The molecule has 0 fully saturated rings. The summed E-state index contributed by atoms with van der Waals surface area (Å²) in [6.07, 6.45) is 2.30. The van der Waals surface area contributed by atoms with E-state index in [-0.39, 0.29) is 36.8 Å². The second-order valence-electron chi connectivity index (χ2n) is 15.2. The predicted molar refractivity (Wildman–Crippen MR) is 225 cm³/mol. The Morgan fingerprint density at radius 2 is 1.12 bits per heavy atom. The van der Waals surface area contributed by atoms with Crippen LogP contribution in [0.25, 0.3) is 22.3 Å². The summed E-state index contributed by atoms with van der Waals surface area (Å²) in [4.78, 5) is 23.5. The van der Waals surface area contributed by atoms with Crippen molar-refractivity contribution in [2.75, 3.05) is 26.4 Å². The Bertz CT molecular complexity index is 1900. The normalized spacial score (nSPS) is 14.4. The lowest BCUT2D eigenvalue weighted by molar-refractivity contribution is -0.153. The van der Waals surface area contributed by atoms with Crippen molar-refractivity contribution in [3.8, 4) is 22.3 Å². The number of benzene rings is 4. The molecule has 0 aliphatic carbocycles. The van der Waals surface area contributed by atoms with E-state index in [0.717, 1.165) is 22.3 Å². The van der Waals surface area contributed by atoms with E-state index in [1.807, 2.05) is 62.4 Å². The number of hydrogen-bond acceptors (Lipinski definition) is 6. The molecule has 0 aliphatic heterocycles. The average Bonchev–Trinajstić information content (AvgIpc) is 3.15. The second-order valence-corrected chi connectivity index (χ2v) is 16.0. The molecule has 0 aromatic heterocycles. The molecule has 0 saturated carbocycles. The fourth-order valence-electron chi connectivity index (χ4n) is 6.79. The molecule has 0 aliphatic rings. The maximum absolute atomic E-state index is 14.1. The van der Waals surface area contributed by atoms with Crippen LogP contribution in [0.2, 0.25) is 23.2 Å². The zero-order valence-electron chi connectivity index (χ0n) is 33.2. The number of halogens is 4. The third-order valence-electron chi connectivity index (χ3n) is 9.82. The molecule has 4 aromatic rings. The van der Waals surface area contributed by atoms with Gasteiger partial charge in [0.05, 0.1) is 24.0 Å². The van der Waals surface area contributed by atoms with Crippen LogP contribution in [-0.2, 0) is 31.9 Å². The minimum absolute atomic E-state index is 0.0414. The highest BCUT2D eigenvalue weighted by atomic mass is 35.5. The molecule has 0 radical (unpaired) electrons. The number of hydrogen-bond donors (Lipinski definition) is 4. The molecule has 4 aromatic carbocycles. The van der Waals surface area contributed by atoms with E-state index in [9.17, 15) is 33.6 Å². The standard InChI is InChI=1S/C23H29BClFO4.C21H25ClFNO3/c1-4-30-15-23(2,22(27)28)13-17(14-24(3)29)11-16-5-7-18(8-6-16)20-12-19(25)9-10-21(20)26;1-3-27-13-21(2,20(25)26)12-17(24)10-14-4-6-15(7-5-14)18-11-16(22)8-9-19(18)23/h5-10,12,17,29H,4,11,13-15H2,1-3H3,(H,27,28);4-9,11,17H,3,10,12-13,24H2,1-2H3,(H,25,26)/t17-,23+;17-,21+/m11/s1. The van der Waals surface area contributed by atoms with Gasteiger partial charge in [-0.1, -0.05) is 78.6 Å². The van der Waals surface area contributed by atoms with Gasteiger partial charge in [-0.15, -0.1) is 0 Å². The van der Waals surface area contributed by atoms with Gasteiger partial charge in [-0.05, 0) is 124 Å². The molecule has 0 unspecified atom stereocenters. The van der Waals surface area contributed by atoms with Crippen molar-refractivity contribution in [2.45, 2.75) is 72.6 Å². The average molecular weight is 829 g/mol. The summed E-state index contributed by atoms with van der Waals surface area (Å²) in [7, 11) is 0. The van der Waals surface area contributed by atoms with Crippen molar-refractivity contribution < 1.29 is 43.1 Å². The van der Waals surface area contributed by atoms with Crippen LogP contribution in [0, 0.1) is 28.4 Å². The van der Waals surface area contributed by atoms with Crippen LogP contribution < -0.4 is 5.73 Å². The largest absolute Gasteiger partial charge is 0.481 e. The van der Waals surface area contributed by atoms with E-state index in [0.29, 0.717) is 66.4 Å². The molecule has 0 saturated heterocycles. The number of carboxylic acids is 2. The number of carbonyl (C=O) groups is 2. The fourth-order valence-corrected chi connectivity index (χ4v) is 7.14. The molecule has 0 heterocycles. The minimum atomic E-state index is -1.03. The molecular weight excluding hydrogens is 774 g/mol. The molecule has 0 amide bonds. The van der Waals surface area contributed by atoms with Crippen molar-refractivity contribution in [3.05, 3.63) is 118 Å². The van der Waals surface area contributed by atoms with Gasteiger partial charge in [0.15, 0.2) is 0 Å². The van der Waals surface area contributed by atoms with Gasteiger partial charge < -0.3 is 30.4 Å². The summed E-state index contributed by atoms with van der Waals surface area (Å²) in [5.41, 5.74) is 8.41. The van der Waals surface area contributed by atoms with Crippen LogP contribution in [0.1, 0.15) is 51.7 Å². The van der Waals surface area contributed by atoms with Gasteiger partial charge in [0.2, 0.25) is 0 Å². The van der Waals surface area contributed by atoms with Crippen LogP contribution in [0.5, 0.6) is 0 Å². The number of carboxylic acid groups (broad SMARTS) is 2. The van der Waals surface area contributed by atoms with Gasteiger partial charge in [-0.2, -0.15) is 0 Å². The second kappa shape index (κ2) is 22.4. The third-order valence-corrected chi connectivity index (χ3v) is 10.3. The van der Waals surface area contributed by atoms with Crippen LogP contribution >= 0.6 is 23.2 Å². The molecule has 8 nitrogen and oxygen atoms in total. The number of aliphatic carboxylic acids is 2. The number of rotatable bonds is 20. The molecule has 308 valence electrons. The summed E-state index contributed by atoms with van der Waals surface area (Å²) in [5, 5.41) is 30.1. The van der Waals surface area contributed by atoms with Crippen LogP contribution in [-0.4, -0.2) is 66.6 Å². The lowest BCUT2D eigenvalue weighted by Crippen LogP contribution is -2.40. The lowest BCUT2D eigenvalue weighted by Gasteiger charge is -2.30. The van der Waals surface area contributed by atoms with Gasteiger partial charge in [-0.3, -0.25) is 9.59 Å². The molecule has 4 atom stereocenters. The van der Waals surface area contributed by atoms with E-state index >= 15 is 0 Å². The predicted octanol–water partition coefficient (Wildman–Crippen LogP) is 9.97. The Kier molecular flexibility index (Phi) is 18.6. The summed E-state index contributed by atoms with van der Waals surface area (Å²) in [5.74, 6) is -2.54. The third kappa shape index (κ3) is 14.8. The topological polar surface area (TPSA) is 139 Å². The van der Waals surface area contributed by atoms with Crippen molar-refractivity contribution in [1.29, 1.82) is 0 Å². The Morgan fingerprint density at radius 3 is 1.51 bits per heavy atom. The van der Waals surface area contributed by atoms with Gasteiger partial charge in [0, 0.05) is 40.4 Å². The first-order valence-electron chi connectivity index (χ1n) is 19.0. The van der Waals surface area contributed by atoms with Crippen molar-refractivity contribution >= 4 is 42.1 Å². The molecule has 57 heavy (non-hydrogen) atoms. The Balaban J connectivity index is 0.000000307. The van der Waals surface area contributed by atoms with Crippen LogP contribution in [0.15, 0.2) is 84.9 Å². The van der Waals surface area contributed by atoms with Crippen molar-refractivity contribution in [2.24, 2.45) is 22.5 Å². The van der Waals surface area contributed by atoms with Crippen molar-refractivity contribution in [1.82, 2.24) is 0 Å². The summed E-state index contributed by atoms with van der Waals surface area (Å²) in [6.45, 7) is 9.32. The summed E-state index contributed by atoms with van der Waals surface area (Å²) < 4.78 is 38.8. The van der Waals surface area contributed by atoms with Gasteiger partial charge in [0.1, 0.15) is 11.6 Å². The highest BCUT2D eigenvalue weighted by molar-refractivity contribution is 6.48. The fraction of sp³-hybridized carbons (Fsp3) is 0.409. The Labute approximate surface area is 345 Å². The molecule has 4 rings (SSSR count). The highest BCUT2D eigenvalue weighted by Gasteiger charge is 2.37. The monoisotopic (exact) mass is 827 g/mol. The van der Waals surface area contributed by atoms with Gasteiger partial charge in [-0.25, -0.2) is 8.78 Å². The van der Waals surface area contributed by atoms with Gasteiger partial charge >= 0.3 is 11.9 Å². The molecular formula is C44H54BCl2F2NO7. The number of nitrogens with two attached hydrogens (primary N) is 1. The van der Waals surface area contributed by atoms with E-state index in [4.69, 9.17) is 38.4 Å². The lowest BCUT2D eigenvalue weighted by atomic mass is 9.60. The Hall–Kier alpha value is -3.84. The highest BCUT2D eigenvalue weighted by Crippen LogP contribution is 2.33. The first-order valence-corrected chi connectivity index (χ1v) is 19.8. The first-order chi connectivity index (χ1) is 26.9. The summed E-state index contributed by atoms with van der Waals surface area (Å²) in [6, 6.07) is 23.4. The minimum Gasteiger partial charge on any atom is -0.481 e. The molecule has 5 N–H and O–H groups in total. The SMILES string of the molecule is CCOC[C@](C)(C[C@H](CB(C)O)Cc1ccc(-c2cc(Cl)ccc2F)cc1)C(=O)O.CCOC[C@](C)(C[C@H](N)Cc1ccc(-c2cc(Cl)ccc2F)cc1)C(=O)O. The quantitative estimate of drug-likeness (QED) is 0.0646.